The van der Waals surface area contributed by atoms with E-state index in [1.165, 1.54) is 6.33 Å². The Morgan fingerprint density at radius 2 is 1.85 bits per heavy atom. The van der Waals surface area contributed by atoms with Gasteiger partial charge in [0.25, 0.3) is 5.56 Å². The maximum Gasteiger partial charge on any atom is 0.260 e. The van der Waals surface area contributed by atoms with Gasteiger partial charge in [-0.3, -0.25) is 4.79 Å². The lowest BCUT2D eigenvalue weighted by atomic mass is 10.2. The maximum atomic E-state index is 11.7. The molecule has 0 saturated carbocycles. The molecule has 0 unspecified atom stereocenters. The average molecular weight is 271 g/mol. The Balaban J connectivity index is 2.25. The third-order valence-electron chi connectivity index (χ3n) is 3.10. The van der Waals surface area contributed by atoms with E-state index in [1.807, 2.05) is 16.7 Å². The summed E-state index contributed by atoms with van der Waals surface area (Å²) in [6.07, 6.45) is 3.18. The second-order valence-corrected chi connectivity index (χ2v) is 4.23. The molecule has 0 radical (unpaired) electrons. The molecule has 0 aliphatic rings. The molecule has 1 N–H and O–H groups in total. The number of methoxy groups -OCH3 is 2. The monoisotopic (exact) mass is 271 g/mol. The molecule has 6 heteroatoms. The number of hydrogen-bond donors (Lipinski definition) is 1. The van der Waals surface area contributed by atoms with Crippen molar-refractivity contribution in [2.75, 3.05) is 14.2 Å². The highest BCUT2D eigenvalue weighted by Gasteiger charge is 2.09. The molecule has 3 rings (SSSR count). The maximum absolute atomic E-state index is 11.7. The first-order valence-electron chi connectivity index (χ1n) is 6.01. The molecular weight excluding hydrogens is 258 g/mol. The second kappa shape index (κ2) is 4.73. The minimum atomic E-state index is -0.163. The average Bonchev–Trinajstić information content (AvgIpc) is 2.92. The van der Waals surface area contributed by atoms with Gasteiger partial charge in [0.2, 0.25) is 0 Å². The van der Waals surface area contributed by atoms with E-state index in [2.05, 4.69) is 9.97 Å². The van der Waals surface area contributed by atoms with E-state index in [0.29, 0.717) is 22.5 Å². The van der Waals surface area contributed by atoms with E-state index in [0.717, 1.165) is 5.69 Å². The predicted molar refractivity (Wildman–Crippen MR) is 74.8 cm³/mol. The van der Waals surface area contributed by atoms with Crippen LogP contribution in [-0.2, 0) is 0 Å². The number of ether oxygens (including phenoxy) is 2. The molecule has 0 aliphatic carbocycles. The standard InChI is InChI=1S/C14H13N3O3/c1-19-10-5-9(6-11(7-10)20-2)17-4-3-12-13(17)15-8-16-14(12)18/h3-8H,1-2H3,(H,15,16,18). The Morgan fingerprint density at radius 3 is 2.50 bits per heavy atom. The van der Waals surface area contributed by atoms with Crippen molar-refractivity contribution in [3.8, 4) is 17.2 Å². The van der Waals surface area contributed by atoms with Crippen molar-refractivity contribution in [3.05, 3.63) is 47.1 Å². The Labute approximate surface area is 114 Å². The molecule has 0 saturated heterocycles. The number of hydrogen-bond acceptors (Lipinski definition) is 4. The largest absolute Gasteiger partial charge is 0.497 e. The quantitative estimate of drug-likeness (QED) is 0.787. The molecule has 2 heterocycles. The Hall–Kier alpha value is -2.76. The number of H-pyrrole nitrogens is 1. The third-order valence-corrected chi connectivity index (χ3v) is 3.10. The van der Waals surface area contributed by atoms with Crippen LogP contribution in [0.3, 0.4) is 0 Å². The van der Waals surface area contributed by atoms with Crippen LogP contribution in [0.25, 0.3) is 16.7 Å². The molecule has 6 nitrogen and oxygen atoms in total. The minimum Gasteiger partial charge on any atom is -0.497 e. The molecule has 3 aromatic rings. The second-order valence-electron chi connectivity index (χ2n) is 4.23. The summed E-state index contributed by atoms with van der Waals surface area (Å²) in [5.74, 6) is 1.34. The zero-order chi connectivity index (χ0) is 14.1. The van der Waals surface area contributed by atoms with Gasteiger partial charge in [-0.1, -0.05) is 0 Å². The number of aromatic amines is 1. The highest BCUT2D eigenvalue weighted by Crippen LogP contribution is 2.26. The van der Waals surface area contributed by atoms with E-state index in [9.17, 15) is 4.79 Å². The van der Waals surface area contributed by atoms with E-state index in [1.54, 1.807) is 32.5 Å². The summed E-state index contributed by atoms with van der Waals surface area (Å²) in [4.78, 5) is 18.5. The lowest BCUT2D eigenvalue weighted by Gasteiger charge is -2.10. The van der Waals surface area contributed by atoms with Gasteiger partial charge in [-0.25, -0.2) is 4.98 Å². The zero-order valence-corrected chi connectivity index (χ0v) is 11.1. The molecular formula is C14H13N3O3. The summed E-state index contributed by atoms with van der Waals surface area (Å²) >= 11 is 0. The van der Waals surface area contributed by atoms with Crippen LogP contribution in [-0.4, -0.2) is 28.8 Å². The molecule has 0 atom stereocenters. The molecule has 0 fully saturated rings. The fourth-order valence-corrected chi connectivity index (χ4v) is 2.10. The lowest BCUT2D eigenvalue weighted by molar-refractivity contribution is 0.394. The van der Waals surface area contributed by atoms with Crippen molar-refractivity contribution in [1.29, 1.82) is 0 Å². The van der Waals surface area contributed by atoms with Gasteiger partial charge in [0.05, 0.1) is 31.6 Å². The van der Waals surface area contributed by atoms with Crippen LogP contribution in [0.4, 0.5) is 0 Å². The first kappa shape index (κ1) is 12.3. The summed E-state index contributed by atoms with van der Waals surface area (Å²) < 4.78 is 12.3. The fraction of sp³-hybridized carbons (Fsp3) is 0.143. The Morgan fingerprint density at radius 1 is 1.15 bits per heavy atom. The van der Waals surface area contributed by atoms with Gasteiger partial charge in [0.15, 0.2) is 5.65 Å². The van der Waals surface area contributed by atoms with Crippen molar-refractivity contribution in [2.24, 2.45) is 0 Å². The number of benzene rings is 1. The highest BCUT2D eigenvalue weighted by atomic mass is 16.5. The molecule has 102 valence electrons. The van der Waals surface area contributed by atoms with Crippen molar-refractivity contribution in [3.63, 3.8) is 0 Å². The number of fused-ring (bicyclic) bond motifs is 1. The van der Waals surface area contributed by atoms with Gasteiger partial charge in [-0.05, 0) is 6.07 Å². The molecule has 20 heavy (non-hydrogen) atoms. The summed E-state index contributed by atoms with van der Waals surface area (Å²) in [5, 5.41) is 0.536. The van der Waals surface area contributed by atoms with Crippen LogP contribution >= 0.6 is 0 Å². The van der Waals surface area contributed by atoms with Gasteiger partial charge >= 0.3 is 0 Å². The molecule has 0 aliphatic heterocycles. The highest BCUT2D eigenvalue weighted by molar-refractivity contribution is 5.77. The molecule has 0 bridgehead atoms. The number of aromatic nitrogens is 3. The molecule has 2 aromatic heterocycles. The van der Waals surface area contributed by atoms with E-state index in [-0.39, 0.29) is 5.56 Å². The molecule has 0 spiro atoms. The zero-order valence-electron chi connectivity index (χ0n) is 11.1. The number of nitrogens with one attached hydrogen (secondary N) is 1. The van der Waals surface area contributed by atoms with Gasteiger partial charge in [-0.15, -0.1) is 0 Å². The minimum absolute atomic E-state index is 0.163. The van der Waals surface area contributed by atoms with Gasteiger partial charge in [0, 0.05) is 24.4 Å². The van der Waals surface area contributed by atoms with Crippen LogP contribution in [0.15, 0.2) is 41.6 Å². The first-order valence-corrected chi connectivity index (χ1v) is 6.01. The van der Waals surface area contributed by atoms with Crippen LogP contribution in [0.1, 0.15) is 0 Å². The predicted octanol–water partition coefficient (Wildman–Crippen LogP) is 1.73. The van der Waals surface area contributed by atoms with Crippen molar-refractivity contribution >= 4 is 11.0 Å². The fourth-order valence-electron chi connectivity index (χ4n) is 2.10. The third kappa shape index (κ3) is 1.91. The topological polar surface area (TPSA) is 69.1 Å². The molecule has 0 amide bonds. The van der Waals surface area contributed by atoms with Crippen molar-refractivity contribution in [1.82, 2.24) is 14.5 Å². The van der Waals surface area contributed by atoms with Crippen LogP contribution < -0.4 is 15.0 Å². The van der Waals surface area contributed by atoms with E-state index >= 15 is 0 Å². The lowest BCUT2D eigenvalue weighted by Crippen LogP contribution is -2.06. The SMILES string of the molecule is COc1cc(OC)cc(-n2ccc3c(=O)[nH]cnc32)c1. The van der Waals surface area contributed by atoms with Gasteiger partial charge in [-0.2, -0.15) is 0 Å². The Kier molecular flexibility index (Phi) is 2.90. The van der Waals surface area contributed by atoms with Crippen LogP contribution in [0.2, 0.25) is 0 Å². The van der Waals surface area contributed by atoms with Crippen molar-refractivity contribution < 1.29 is 9.47 Å². The number of nitrogens with zero attached hydrogens (tertiary/aromatic N) is 2. The Bertz CT molecular complexity index is 798. The normalized spacial score (nSPS) is 10.7. The van der Waals surface area contributed by atoms with Gasteiger partial charge < -0.3 is 19.0 Å². The summed E-state index contributed by atoms with van der Waals surface area (Å²) in [5.41, 5.74) is 1.24. The smallest absolute Gasteiger partial charge is 0.260 e. The van der Waals surface area contributed by atoms with Crippen LogP contribution in [0, 0.1) is 0 Å². The molecule has 1 aromatic carbocycles. The summed E-state index contributed by atoms with van der Waals surface area (Å²) in [6.45, 7) is 0. The number of rotatable bonds is 3. The summed E-state index contributed by atoms with van der Waals surface area (Å²) in [6, 6.07) is 7.22. The summed E-state index contributed by atoms with van der Waals surface area (Å²) in [7, 11) is 3.19. The van der Waals surface area contributed by atoms with E-state index in [4.69, 9.17) is 9.47 Å². The van der Waals surface area contributed by atoms with Gasteiger partial charge in [0.1, 0.15) is 11.5 Å². The van der Waals surface area contributed by atoms with Crippen LogP contribution in [0.5, 0.6) is 11.5 Å². The van der Waals surface area contributed by atoms with E-state index < -0.39 is 0 Å². The first-order chi connectivity index (χ1) is 9.72. The van der Waals surface area contributed by atoms with Crippen molar-refractivity contribution in [2.45, 2.75) is 0 Å².